The highest BCUT2D eigenvalue weighted by atomic mass is 127. The molecule has 0 fully saturated rings. The second kappa shape index (κ2) is 12.0. The number of nitrogens with zero attached hydrogens (tertiary/aromatic N) is 1. The fourth-order valence-corrected chi connectivity index (χ4v) is 2.70. The first-order valence-electron chi connectivity index (χ1n) is 9.19. The summed E-state index contributed by atoms with van der Waals surface area (Å²) < 4.78 is 11.0. The van der Waals surface area contributed by atoms with Gasteiger partial charge in [-0.25, -0.2) is 0 Å². The zero-order chi connectivity index (χ0) is 19.6. The van der Waals surface area contributed by atoms with Crippen LogP contribution in [0.1, 0.15) is 11.1 Å². The molecule has 0 radical (unpaired) electrons. The SMILES string of the molecule is COc1ccc(NC(N)=NCCc2cccc(OCc3ccccc3)c2)cc1.I. The van der Waals surface area contributed by atoms with Crippen LogP contribution >= 0.6 is 24.0 Å². The Labute approximate surface area is 189 Å². The minimum absolute atomic E-state index is 0. The number of benzene rings is 3. The van der Waals surface area contributed by atoms with Crippen molar-refractivity contribution in [1.82, 2.24) is 0 Å². The highest BCUT2D eigenvalue weighted by Gasteiger charge is 2.00. The molecule has 6 heteroatoms. The molecule has 3 N–H and O–H groups in total. The summed E-state index contributed by atoms with van der Waals surface area (Å²) in [6, 6.07) is 25.7. The number of hydrogen-bond acceptors (Lipinski definition) is 3. The summed E-state index contributed by atoms with van der Waals surface area (Å²) in [5.74, 6) is 2.05. The van der Waals surface area contributed by atoms with Gasteiger partial charge in [0.05, 0.1) is 7.11 Å². The predicted molar refractivity (Wildman–Crippen MR) is 129 cm³/mol. The van der Waals surface area contributed by atoms with Gasteiger partial charge in [0, 0.05) is 12.2 Å². The topological polar surface area (TPSA) is 68.9 Å². The van der Waals surface area contributed by atoms with E-state index in [4.69, 9.17) is 15.2 Å². The van der Waals surface area contributed by atoms with Crippen molar-refractivity contribution in [3.63, 3.8) is 0 Å². The molecule has 0 bridgehead atoms. The smallest absolute Gasteiger partial charge is 0.193 e. The molecular weight excluding hydrogens is 477 g/mol. The van der Waals surface area contributed by atoms with E-state index in [0.717, 1.165) is 34.7 Å². The maximum absolute atomic E-state index is 5.97. The van der Waals surface area contributed by atoms with Crippen LogP contribution in [0.25, 0.3) is 0 Å². The Kier molecular flexibility index (Phi) is 9.30. The third-order valence-corrected chi connectivity index (χ3v) is 4.19. The normalized spacial score (nSPS) is 10.7. The molecule has 3 aromatic rings. The number of guanidine groups is 1. The summed E-state index contributed by atoms with van der Waals surface area (Å²) in [5, 5.41) is 3.08. The zero-order valence-corrected chi connectivity index (χ0v) is 18.7. The largest absolute Gasteiger partial charge is 0.497 e. The van der Waals surface area contributed by atoms with Crippen LogP contribution in [-0.2, 0) is 13.0 Å². The molecule has 0 unspecified atom stereocenters. The number of anilines is 1. The van der Waals surface area contributed by atoms with Crippen molar-refractivity contribution in [2.75, 3.05) is 19.0 Å². The molecule has 0 atom stereocenters. The van der Waals surface area contributed by atoms with Gasteiger partial charge in [-0.05, 0) is 53.9 Å². The molecule has 0 amide bonds. The molecule has 0 aromatic heterocycles. The Bertz CT molecular complexity index is 900. The number of rotatable bonds is 8. The Morgan fingerprint density at radius 3 is 2.34 bits per heavy atom. The molecule has 3 aromatic carbocycles. The van der Waals surface area contributed by atoms with E-state index >= 15 is 0 Å². The molecule has 29 heavy (non-hydrogen) atoms. The second-order valence-electron chi connectivity index (χ2n) is 6.29. The molecule has 0 aliphatic carbocycles. The summed E-state index contributed by atoms with van der Waals surface area (Å²) in [6.45, 7) is 1.15. The highest BCUT2D eigenvalue weighted by Crippen LogP contribution is 2.16. The summed E-state index contributed by atoms with van der Waals surface area (Å²) in [4.78, 5) is 4.39. The third-order valence-electron chi connectivity index (χ3n) is 4.19. The van der Waals surface area contributed by atoms with Crippen molar-refractivity contribution in [2.45, 2.75) is 13.0 Å². The fraction of sp³-hybridized carbons (Fsp3) is 0.174. The average molecular weight is 503 g/mol. The van der Waals surface area contributed by atoms with Crippen LogP contribution in [-0.4, -0.2) is 19.6 Å². The summed E-state index contributed by atoms with van der Waals surface area (Å²) >= 11 is 0. The first-order valence-corrected chi connectivity index (χ1v) is 9.19. The lowest BCUT2D eigenvalue weighted by molar-refractivity contribution is 0.306. The predicted octanol–water partition coefficient (Wildman–Crippen LogP) is 4.86. The van der Waals surface area contributed by atoms with Gasteiger partial charge in [0.2, 0.25) is 0 Å². The minimum Gasteiger partial charge on any atom is -0.497 e. The van der Waals surface area contributed by atoms with E-state index in [1.54, 1.807) is 7.11 Å². The van der Waals surface area contributed by atoms with Crippen LogP contribution in [0.3, 0.4) is 0 Å². The van der Waals surface area contributed by atoms with E-state index in [2.05, 4.69) is 28.5 Å². The van der Waals surface area contributed by atoms with Crippen LogP contribution in [0, 0.1) is 0 Å². The molecular formula is C23H26IN3O2. The van der Waals surface area contributed by atoms with E-state index < -0.39 is 0 Å². The molecule has 5 nitrogen and oxygen atoms in total. The van der Waals surface area contributed by atoms with E-state index in [9.17, 15) is 0 Å². The maximum Gasteiger partial charge on any atom is 0.193 e. The lowest BCUT2D eigenvalue weighted by Gasteiger charge is -2.08. The van der Waals surface area contributed by atoms with Crippen LogP contribution in [0.15, 0.2) is 83.9 Å². The summed E-state index contributed by atoms with van der Waals surface area (Å²) in [7, 11) is 1.64. The lowest BCUT2D eigenvalue weighted by atomic mass is 10.1. The molecule has 0 aliphatic rings. The number of methoxy groups -OCH3 is 1. The van der Waals surface area contributed by atoms with E-state index in [-0.39, 0.29) is 24.0 Å². The Hall–Kier alpha value is -2.74. The fourth-order valence-electron chi connectivity index (χ4n) is 2.70. The van der Waals surface area contributed by atoms with Gasteiger partial charge in [0.25, 0.3) is 0 Å². The van der Waals surface area contributed by atoms with Gasteiger partial charge in [-0.1, -0.05) is 42.5 Å². The number of nitrogens with two attached hydrogens (primary N) is 1. The maximum atomic E-state index is 5.97. The van der Waals surface area contributed by atoms with Gasteiger partial charge in [-0.3, -0.25) is 4.99 Å². The first-order chi connectivity index (χ1) is 13.7. The van der Waals surface area contributed by atoms with Gasteiger partial charge in [0.15, 0.2) is 5.96 Å². The zero-order valence-electron chi connectivity index (χ0n) is 16.4. The number of nitrogens with one attached hydrogen (secondary N) is 1. The van der Waals surface area contributed by atoms with Gasteiger partial charge in [0.1, 0.15) is 18.1 Å². The van der Waals surface area contributed by atoms with E-state index in [0.29, 0.717) is 19.1 Å². The molecule has 152 valence electrons. The van der Waals surface area contributed by atoms with Crippen molar-refractivity contribution in [1.29, 1.82) is 0 Å². The second-order valence-corrected chi connectivity index (χ2v) is 6.29. The lowest BCUT2D eigenvalue weighted by Crippen LogP contribution is -2.23. The molecule has 0 saturated carbocycles. The molecule has 0 saturated heterocycles. The average Bonchev–Trinajstić information content (AvgIpc) is 2.74. The van der Waals surface area contributed by atoms with E-state index in [1.165, 1.54) is 0 Å². The number of halogens is 1. The van der Waals surface area contributed by atoms with Crippen LogP contribution < -0.4 is 20.5 Å². The van der Waals surface area contributed by atoms with Crippen LogP contribution in [0.5, 0.6) is 11.5 Å². The Morgan fingerprint density at radius 2 is 1.62 bits per heavy atom. The van der Waals surface area contributed by atoms with Gasteiger partial charge >= 0.3 is 0 Å². The third kappa shape index (κ3) is 7.65. The summed E-state index contributed by atoms with van der Waals surface area (Å²) in [6.07, 6.45) is 0.785. The number of hydrogen-bond donors (Lipinski definition) is 2. The Morgan fingerprint density at radius 1 is 0.897 bits per heavy atom. The van der Waals surface area contributed by atoms with Crippen molar-refractivity contribution >= 4 is 35.6 Å². The molecule has 0 aliphatic heterocycles. The van der Waals surface area contributed by atoms with Crippen LogP contribution in [0.2, 0.25) is 0 Å². The van der Waals surface area contributed by atoms with Crippen molar-refractivity contribution in [3.05, 3.63) is 90.0 Å². The first kappa shape index (κ1) is 22.5. The van der Waals surface area contributed by atoms with Gasteiger partial charge in [-0.15, -0.1) is 24.0 Å². The number of ether oxygens (including phenoxy) is 2. The summed E-state index contributed by atoms with van der Waals surface area (Å²) in [5.41, 5.74) is 9.15. The standard InChI is InChI=1S/C23H25N3O2.HI/c1-27-21-12-10-20(11-13-21)26-23(24)25-15-14-18-8-5-9-22(16-18)28-17-19-6-3-2-4-7-19;/h2-13,16H,14-15,17H2,1H3,(H3,24,25,26);1H. The van der Waals surface area contributed by atoms with Gasteiger partial charge in [-0.2, -0.15) is 0 Å². The van der Waals surface area contributed by atoms with Crippen molar-refractivity contribution < 1.29 is 9.47 Å². The van der Waals surface area contributed by atoms with Crippen molar-refractivity contribution in [2.24, 2.45) is 10.7 Å². The molecule has 3 rings (SSSR count). The minimum atomic E-state index is 0. The van der Waals surface area contributed by atoms with Crippen molar-refractivity contribution in [3.8, 4) is 11.5 Å². The van der Waals surface area contributed by atoms with Crippen LogP contribution in [0.4, 0.5) is 5.69 Å². The quantitative estimate of drug-likeness (QED) is 0.262. The van der Waals surface area contributed by atoms with Gasteiger partial charge < -0.3 is 20.5 Å². The molecule has 0 heterocycles. The Balaban J connectivity index is 0.00000300. The highest BCUT2D eigenvalue weighted by molar-refractivity contribution is 14.0. The van der Waals surface area contributed by atoms with E-state index in [1.807, 2.05) is 60.7 Å². The number of aliphatic imine (C=N–C) groups is 1. The monoisotopic (exact) mass is 503 g/mol. The molecule has 0 spiro atoms.